The van der Waals surface area contributed by atoms with Gasteiger partial charge in [-0.05, 0) is 20.3 Å². The molecule has 0 aromatic heterocycles. The Balaban J connectivity index is 4.10. The van der Waals surface area contributed by atoms with Crippen molar-refractivity contribution >= 4 is 0 Å². The monoisotopic (exact) mass is 127 g/mol. The maximum atomic E-state index is 2.18. The summed E-state index contributed by atoms with van der Waals surface area (Å²) in [7, 11) is 4.16. The molecular formula is C8H17N. The van der Waals surface area contributed by atoms with Crippen molar-refractivity contribution in [2.24, 2.45) is 0 Å². The van der Waals surface area contributed by atoms with Crippen molar-refractivity contribution in [1.82, 2.24) is 4.90 Å². The first-order valence-corrected chi connectivity index (χ1v) is 3.43. The van der Waals surface area contributed by atoms with Gasteiger partial charge in [-0.3, -0.25) is 0 Å². The molecule has 0 aromatic carbocycles. The third-order valence-electron chi connectivity index (χ3n) is 1.82. The minimum atomic E-state index is 1.16. The maximum absolute atomic E-state index is 2.18. The average molecular weight is 127 g/mol. The molecule has 0 heterocycles. The fourth-order valence-corrected chi connectivity index (χ4v) is 0.638. The largest absolute Gasteiger partial charge is 0.381 e. The summed E-state index contributed by atoms with van der Waals surface area (Å²) in [4.78, 5) is 2.15. The van der Waals surface area contributed by atoms with E-state index in [1.165, 1.54) is 11.3 Å². The molecule has 0 unspecified atom stereocenters. The van der Waals surface area contributed by atoms with Crippen LogP contribution in [0.1, 0.15) is 27.2 Å². The van der Waals surface area contributed by atoms with Crippen molar-refractivity contribution in [2.45, 2.75) is 27.2 Å². The molecule has 0 aliphatic heterocycles. The molecular weight excluding hydrogens is 110 g/mol. The summed E-state index contributed by atoms with van der Waals surface area (Å²) in [6.45, 7) is 6.51. The lowest BCUT2D eigenvalue weighted by Gasteiger charge is -2.15. The predicted molar refractivity (Wildman–Crippen MR) is 42.4 cm³/mol. The van der Waals surface area contributed by atoms with E-state index in [0.29, 0.717) is 0 Å². The SMILES string of the molecule is CC/C(C)=C(/C)N(C)C. The van der Waals surface area contributed by atoms with Crippen LogP contribution in [-0.4, -0.2) is 19.0 Å². The molecule has 0 rings (SSSR count). The number of allylic oxidation sites excluding steroid dienone is 2. The van der Waals surface area contributed by atoms with Gasteiger partial charge in [-0.25, -0.2) is 0 Å². The van der Waals surface area contributed by atoms with E-state index in [9.17, 15) is 0 Å². The van der Waals surface area contributed by atoms with Gasteiger partial charge in [0.1, 0.15) is 0 Å². The van der Waals surface area contributed by atoms with Crippen LogP contribution in [0.2, 0.25) is 0 Å². The smallest absolute Gasteiger partial charge is 0.00848 e. The van der Waals surface area contributed by atoms with Gasteiger partial charge < -0.3 is 4.90 Å². The van der Waals surface area contributed by atoms with Gasteiger partial charge in [-0.1, -0.05) is 12.5 Å². The fraction of sp³-hybridized carbons (Fsp3) is 0.750. The molecule has 9 heavy (non-hydrogen) atoms. The number of hydrogen-bond donors (Lipinski definition) is 0. The summed E-state index contributed by atoms with van der Waals surface area (Å²) in [6, 6.07) is 0. The Labute approximate surface area is 58.4 Å². The van der Waals surface area contributed by atoms with Crippen LogP contribution < -0.4 is 0 Å². The van der Waals surface area contributed by atoms with Crippen LogP contribution in [0.15, 0.2) is 11.3 Å². The van der Waals surface area contributed by atoms with E-state index >= 15 is 0 Å². The molecule has 0 aliphatic rings. The van der Waals surface area contributed by atoms with E-state index < -0.39 is 0 Å². The lowest BCUT2D eigenvalue weighted by molar-refractivity contribution is 0.504. The zero-order valence-electron chi connectivity index (χ0n) is 7.15. The second kappa shape index (κ2) is 3.54. The Bertz CT molecular complexity index is 112. The molecule has 0 bridgehead atoms. The Kier molecular flexibility index (Phi) is 3.36. The van der Waals surface area contributed by atoms with Gasteiger partial charge in [-0.15, -0.1) is 0 Å². The second-order valence-corrected chi connectivity index (χ2v) is 2.61. The van der Waals surface area contributed by atoms with E-state index in [1.54, 1.807) is 0 Å². The lowest BCUT2D eigenvalue weighted by Crippen LogP contribution is -2.09. The van der Waals surface area contributed by atoms with Crippen LogP contribution in [0.3, 0.4) is 0 Å². The van der Waals surface area contributed by atoms with Crippen LogP contribution >= 0.6 is 0 Å². The summed E-state index contributed by atoms with van der Waals surface area (Å²) >= 11 is 0. The summed E-state index contributed by atoms with van der Waals surface area (Å²) in [6.07, 6.45) is 1.16. The van der Waals surface area contributed by atoms with E-state index in [4.69, 9.17) is 0 Å². The highest BCUT2D eigenvalue weighted by Crippen LogP contribution is 2.07. The second-order valence-electron chi connectivity index (χ2n) is 2.61. The van der Waals surface area contributed by atoms with Gasteiger partial charge in [0.25, 0.3) is 0 Å². The van der Waals surface area contributed by atoms with Crippen molar-refractivity contribution in [2.75, 3.05) is 14.1 Å². The molecule has 1 heteroatoms. The maximum Gasteiger partial charge on any atom is 0.00848 e. The van der Waals surface area contributed by atoms with Crippen molar-refractivity contribution in [1.29, 1.82) is 0 Å². The third-order valence-corrected chi connectivity index (χ3v) is 1.82. The quantitative estimate of drug-likeness (QED) is 0.550. The topological polar surface area (TPSA) is 3.24 Å². The lowest BCUT2D eigenvalue weighted by atomic mass is 10.2. The fourth-order valence-electron chi connectivity index (χ4n) is 0.638. The number of rotatable bonds is 2. The molecule has 54 valence electrons. The zero-order valence-corrected chi connectivity index (χ0v) is 7.15. The van der Waals surface area contributed by atoms with Gasteiger partial charge in [0, 0.05) is 19.8 Å². The van der Waals surface area contributed by atoms with E-state index in [0.717, 1.165) is 6.42 Å². The van der Waals surface area contributed by atoms with Crippen molar-refractivity contribution in [3.63, 3.8) is 0 Å². The minimum absolute atomic E-state index is 1.16. The van der Waals surface area contributed by atoms with E-state index in [2.05, 4.69) is 39.8 Å². The van der Waals surface area contributed by atoms with Gasteiger partial charge in [0.05, 0.1) is 0 Å². The molecule has 1 nitrogen and oxygen atoms in total. The van der Waals surface area contributed by atoms with Crippen LogP contribution in [0.5, 0.6) is 0 Å². The highest BCUT2D eigenvalue weighted by Gasteiger charge is 1.94. The van der Waals surface area contributed by atoms with Crippen LogP contribution in [0.25, 0.3) is 0 Å². The van der Waals surface area contributed by atoms with E-state index in [1.807, 2.05) is 0 Å². The third kappa shape index (κ3) is 2.54. The van der Waals surface area contributed by atoms with Gasteiger partial charge in [0.2, 0.25) is 0 Å². The number of nitrogens with zero attached hydrogens (tertiary/aromatic N) is 1. The summed E-state index contributed by atoms with van der Waals surface area (Å²) < 4.78 is 0. The first-order chi connectivity index (χ1) is 4.09. The molecule has 0 fully saturated rings. The molecule has 0 saturated heterocycles. The Morgan fingerprint density at radius 2 is 1.67 bits per heavy atom. The normalized spacial score (nSPS) is 13.0. The van der Waals surface area contributed by atoms with Crippen LogP contribution in [-0.2, 0) is 0 Å². The molecule has 0 spiro atoms. The molecule has 0 N–H and O–H groups in total. The first-order valence-electron chi connectivity index (χ1n) is 3.43. The van der Waals surface area contributed by atoms with Crippen LogP contribution in [0.4, 0.5) is 0 Å². The van der Waals surface area contributed by atoms with Crippen molar-refractivity contribution in [3.8, 4) is 0 Å². The molecule has 0 atom stereocenters. The van der Waals surface area contributed by atoms with Gasteiger partial charge >= 0.3 is 0 Å². The standard InChI is InChI=1S/C8H17N/c1-6-7(2)8(3)9(4)5/h6H2,1-5H3/b8-7-. The first kappa shape index (κ1) is 8.54. The molecule has 0 radical (unpaired) electrons. The predicted octanol–water partition coefficient (Wildman–Crippen LogP) is 2.25. The van der Waals surface area contributed by atoms with E-state index in [-0.39, 0.29) is 0 Å². The molecule has 0 aliphatic carbocycles. The van der Waals surface area contributed by atoms with Crippen molar-refractivity contribution in [3.05, 3.63) is 11.3 Å². The highest BCUT2D eigenvalue weighted by atomic mass is 15.1. The Morgan fingerprint density at radius 3 is 1.78 bits per heavy atom. The molecule has 0 amide bonds. The Hall–Kier alpha value is -0.460. The summed E-state index contributed by atoms with van der Waals surface area (Å²) in [5.74, 6) is 0. The average Bonchev–Trinajstić information content (AvgIpc) is 1.84. The molecule has 0 aromatic rings. The summed E-state index contributed by atoms with van der Waals surface area (Å²) in [5.41, 5.74) is 2.86. The highest BCUT2D eigenvalue weighted by molar-refractivity contribution is 5.06. The van der Waals surface area contributed by atoms with Crippen LogP contribution in [0, 0.1) is 0 Å². The molecule has 0 saturated carbocycles. The summed E-state index contributed by atoms with van der Waals surface area (Å²) in [5, 5.41) is 0. The zero-order chi connectivity index (χ0) is 7.44. The van der Waals surface area contributed by atoms with Crippen molar-refractivity contribution < 1.29 is 0 Å². The van der Waals surface area contributed by atoms with Gasteiger partial charge in [-0.2, -0.15) is 0 Å². The van der Waals surface area contributed by atoms with Gasteiger partial charge in [0.15, 0.2) is 0 Å². The number of hydrogen-bond acceptors (Lipinski definition) is 1. The minimum Gasteiger partial charge on any atom is -0.381 e. The Morgan fingerprint density at radius 1 is 1.22 bits per heavy atom.